The van der Waals surface area contributed by atoms with Gasteiger partial charge in [0.15, 0.2) is 11.5 Å². The molecule has 0 bridgehead atoms. The van der Waals surface area contributed by atoms with E-state index in [-0.39, 0.29) is 5.95 Å². The molecule has 0 spiro atoms. The molecule has 9 heteroatoms. The third kappa shape index (κ3) is 2.33. The number of hydrogen-bond donors (Lipinski definition) is 3. The lowest BCUT2D eigenvalue weighted by molar-refractivity contribution is 0.299. The van der Waals surface area contributed by atoms with Crippen LogP contribution in [0.25, 0.3) is 0 Å². The first-order valence-electron chi connectivity index (χ1n) is 4.93. The van der Waals surface area contributed by atoms with E-state index >= 15 is 0 Å². The first-order chi connectivity index (χ1) is 8.72. The van der Waals surface area contributed by atoms with Crippen molar-refractivity contribution in [2.45, 2.75) is 6.61 Å². The molecule has 0 amide bonds. The Kier molecular flexibility index (Phi) is 3.18. The van der Waals surface area contributed by atoms with Crippen LogP contribution >= 0.6 is 39.4 Å². The maximum atomic E-state index is 5.67. The topological polar surface area (TPSA) is 85.1 Å². The molecule has 1 aliphatic rings. The number of anilines is 3. The van der Waals surface area contributed by atoms with Gasteiger partial charge >= 0.3 is 0 Å². The van der Waals surface area contributed by atoms with Gasteiger partial charge in [-0.1, -0.05) is 0 Å². The highest BCUT2D eigenvalue weighted by Gasteiger charge is 2.20. The monoisotopic (exact) mass is 345 g/mol. The summed E-state index contributed by atoms with van der Waals surface area (Å²) in [4.78, 5) is 9.25. The summed E-state index contributed by atoms with van der Waals surface area (Å²) in [5, 5.41) is 2.01. The number of rotatable bonds is 3. The zero-order chi connectivity index (χ0) is 12.5. The molecule has 1 aliphatic heterocycles. The molecule has 18 heavy (non-hydrogen) atoms. The molecule has 0 aromatic carbocycles. The minimum absolute atomic E-state index is 0.188. The molecule has 2 aromatic heterocycles. The Morgan fingerprint density at radius 3 is 3.06 bits per heavy atom. The predicted molar refractivity (Wildman–Crippen MR) is 77.6 cm³/mol. The van der Waals surface area contributed by atoms with E-state index in [1.54, 1.807) is 11.3 Å². The van der Waals surface area contributed by atoms with Crippen molar-refractivity contribution in [1.82, 2.24) is 9.97 Å². The van der Waals surface area contributed by atoms with Gasteiger partial charge in [0.05, 0.1) is 12.1 Å². The number of nitrogens with one attached hydrogen (secondary N) is 2. The lowest BCUT2D eigenvalue weighted by atomic mass is 10.4. The minimum atomic E-state index is 0.188. The molecular formula is C9H8BrN5OS2. The second kappa shape index (κ2) is 4.82. The van der Waals surface area contributed by atoms with Gasteiger partial charge < -0.3 is 15.2 Å². The summed E-state index contributed by atoms with van der Waals surface area (Å²) in [7, 11) is 0. The average molecular weight is 346 g/mol. The molecule has 0 radical (unpaired) electrons. The molecule has 0 atom stereocenters. The van der Waals surface area contributed by atoms with Crippen molar-refractivity contribution >= 4 is 56.9 Å². The predicted octanol–water partition coefficient (Wildman–Crippen LogP) is 2.86. The third-order valence-corrected chi connectivity index (χ3v) is 4.44. The van der Waals surface area contributed by atoms with E-state index < -0.39 is 0 Å². The number of halogens is 1. The summed E-state index contributed by atoms with van der Waals surface area (Å²) in [6.07, 6.45) is 0. The maximum absolute atomic E-state index is 5.67. The summed E-state index contributed by atoms with van der Waals surface area (Å²) in [6.45, 7) is 0.450. The van der Waals surface area contributed by atoms with Crippen molar-refractivity contribution in [3.8, 4) is 5.88 Å². The Hall–Kier alpha value is -1.19. The number of thiophene rings is 1. The van der Waals surface area contributed by atoms with E-state index in [0.29, 0.717) is 18.3 Å². The fourth-order valence-electron chi connectivity index (χ4n) is 1.42. The number of aromatic nitrogens is 2. The molecule has 4 N–H and O–H groups in total. The molecule has 3 rings (SSSR count). The highest BCUT2D eigenvalue weighted by Crippen LogP contribution is 2.38. The fourth-order valence-corrected chi connectivity index (χ4v) is 3.36. The normalized spacial score (nSPS) is 12.7. The zero-order valence-electron chi connectivity index (χ0n) is 8.94. The number of ether oxygens (including phenoxy) is 1. The van der Waals surface area contributed by atoms with Crippen LogP contribution in [0.1, 0.15) is 4.88 Å². The van der Waals surface area contributed by atoms with Gasteiger partial charge in [0.2, 0.25) is 11.8 Å². The first-order valence-corrected chi connectivity index (χ1v) is 7.42. The number of fused-ring (bicyclic) bond motifs is 1. The molecule has 0 saturated heterocycles. The van der Waals surface area contributed by atoms with Gasteiger partial charge in [0.1, 0.15) is 6.61 Å². The van der Waals surface area contributed by atoms with Crippen molar-refractivity contribution in [1.29, 1.82) is 0 Å². The van der Waals surface area contributed by atoms with Crippen LogP contribution < -0.4 is 19.9 Å². The van der Waals surface area contributed by atoms with Gasteiger partial charge in [-0.25, -0.2) is 0 Å². The summed E-state index contributed by atoms with van der Waals surface area (Å²) < 4.78 is 12.7. The summed E-state index contributed by atoms with van der Waals surface area (Å²) in [5.74, 6) is 1.29. The van der Waals surface area contributed by atoms with Crippen LogP contribution in [0.5, 0.6) is 5.88 Å². The van der Waals surface area contributed by atoms with E-state index in [1.165, 1.54) is 12.1 Å². The molecule has 0 fully saturated rings. The highest BCUT2D eigenvalue weighted by atomic mass is 79.9. The smallest absolute Gasteiger partial charge is 0.245 e. The van der Waals surface area contributed by atoms with Crippen LogP contribution in [0, 0.1) is 0 Å². The Balaban J connectivity index is 1.80. The van der Waals surface area contributed by atoms with Crippen molar-refractivity contribution < 1.29 is 4.74 Å². The second-order valence-corrected chi connectivity index (χ2v) is 5.96. The summed E-state index contributed by atoms with van der Waals surface area (Å²) in [5.41, 5.74) is 6.35. The molecule has 6 nitrogen and oxygen atoms in total. The summed E-state index contributed by atoms with van der Waals surface area (Å²) >= 11 is 6.33. The number of nitrogens with two attached hydrogens (primary N) is 1. The zero-order valence-corrected chi connectivity index (χ0v) is 12.2. The molecule has 94 valence electrons. The van der Waals surface area contributed by atoms with Crippen LogP contribution in [-0.2, 0) is 6.61 Å². The van der Waals surface area contributed by atoms with E-state index in [9.17, 15) is 0 Å². The molecule has 0 saturated carbocycles. The van der Waals surface area contributed by atoms with Gasteiger partial charge in [-0.15, -0.1) is 11.3 Å². The first kappa shape index (κ1) is 11.9. The van der Waals surface area contributed by atoms with Gasteiger partial charge in [0.25, 0.3) is 0 Å². The van der Waals surface area contributed by atoms with Crippen LogP contribution in [0.2, 0.25) is 0 Å². The Bertz CT molecular complexity index is 590. The molecule has 3 heterocycles. The van der Waals surface area contributed by atoms with Gasteiger partial charge in [-0.3, -0.25) is 4.72 Å². The maximum Gasteiger partial charge on any atom is 0.245 e. The van der Waals surface area contributed by atoms with Gasteiger partial charge in [-0.05, 0) is 22.0 Å². The average Bonchev–Trinajstić information content (AvgIpc) is 2.94. The highest BCUT2D eigenvalue weighted by molar-refractivity contribution is 9.10. The van der Waals surface area contributed by atoms with Crippen molar-refractivity contribution in [3.05, 3.63) is 20.8 Å². The quantitative estimate of drug-likeness (QED) is 0.737. The number of nitrogens with zero attached hydrogens (tertiary/aromatic N) is 2. The molecule has 0 unspecified atom stereocenters. The molecule has 2 aromatic rings. The molecular weight excluding hydrogens is 338 g/mol. The van der Waals surface area contributed by atoms with E-state index in [4.69, 9.17) is 10.5 Å². The summed E-state index contributed by atoms with van der Waals surface area (Å²) in [6, 6.07) is 2.01. The Labute approximate surface area is 120 Å². The standard InChI is InChI=1S/C9H8BrN5OS2/c10-4-1-5(17-3-4)2-16-8-6-7(15-18-14-6)12-9(11)13-8/h1,3,14H,2H2,(H3,11,12,13,15). The third-order valence-electron chi connectivity index (χ3n) is 2.17. The van der Waals surface area contributed by atoms with Crippen molar-refractivity contribution in [2.75, 3.05) is 15.2 Å². The fraction of sp³-hybridized carbons (Fsp3) is 0.111. The molecule has 0 aliphatic carbocycles. The number of nitrogen functional groups attached to an aromatic ring is 1. The lowest BCUT2D eigenvalue weighted by Crippen LogP contribution is -2.02. The van der Waals surface area contributed by atoms with E-state index in [0.717, 1.165) is 15.0 Å². The van der Waals surface area contributed by atoms with E-state index in [2.05, 4.69) is 35.3 Å². The largest absolute Gasteiger partial charge is 0.470 e. The minimum Gasteiger partial charge on any atom is -0.470 e. The SMILES string of the molecule is Nc1nc2c(c(OCc3cc(Br)cs3)n1)NSN2. The lowest BCUT2D eigenvalue weighted by Gasteiger charge is -2.07. The van der Waals surface area contributed by atoms with Crippen LogP contribution in [-0.4, -0.2) is 9.97 Å². The van der Waals surface area contributed by atoms with Gasteiger partial charge in [-0.2, -0.15) is 9.97 Å². The van der Waals surface area contributed by atoms with Crippen molar-refractivity contribution in [3.63, 3.8) is 0 Å². The second-order valence-electron chi connectivity index (χ2n) is 3.44. The van der Waals surface area contributed by atoms with Crippen LogP contribution in [0.4, 0.5) is 17.5 Å². The Morgan fingerprint density at radius 1 is 1.39 bits per heavy atom. The number of hydrogen-bond acceptors (Lipinski definition) is 8. The van der Waals surface area contributed by atoms with Gasteiger partial charge in [0, 0.05) is 14.7 Å². The van der Waals surface area contributed by atoms with Crippen LogP contribution in [0.3, 0.4) is 0 Å². The van der Waals surface area contributed by atoms with Crippen molar-refractivity contribution in [2.24, 2.45) is 0 Å². The van der Waals surface area contributed by atoms with E-state index in [1.807, 2.05) is 11.4 Å². The van der Waals surface area contributed by atoms with Crippen LogP contribution in [0.15, 0.2) is 15.9 Å². The Morgan fingerprint density at radius 2 is 2.28 bits per heavy atom.